The maximum Gasteiger partial charge on any atom is 0.0428 e. The third-order valence-electron chi connectivity index (χ3n) is 3.48. The van der Waals surface area contributed by atoms with Crippen LogP contribution in [0.25, 0.3) is 0 Å². The molecule has 100 valence electrons. The average Bonchev–Trinajstić information content (AvgIpc) is 2.27. The highest BCUT2D eigenvalue weighted by atomic mass is 15.2. The minimum atomic E-state index is 0.128. The van der Waals surface area contributed by atoms with Crippen LogP contribution in [-0.4, -0.2) is 6.04 Å². The smallest absolute Gasteiger partial charge is 0.0428 e. The van der Waals surface area contributed by atoms with E-state index in [1.54, 1.807) is 0 Å². The van der Waals surface area contributed by atoms with Crippen LogP contribution in [0.2, 0.25) is 0 Å². The SMILES string of the molecule is C=CC(Cc1c(C)cc(C(C)(C)C)cc1C)NN. The Morgan fingerprint density at radius 1 is 1.28 bits per heavy atom. The molecule has 1 unspecified atom stereocenters. The molecule has 0 aromatic heterocycles. The van der Waals surface area contributed by atoms with Crippen molar-refractivity contribution in [1.82, 2.24) is 5.43 Å². The molecule has 1 rings (SSSR count). The summed E-state index contributed by atoms with van der Waals surface area (Å²) in [6.07, 6.45) is 2.75. The van der Waals surface area contributed by atoms with Crippen LogP contribution in [-0.2, 0) is 11.8 Å². The first-order chi connectivity index (χ1) is 8.29. The molecule has 0 saturated heterocycles. The van der Waals surface area contributed by atoms with Crippen LogP contribution in [0.5, 0.6) is 0 Å². The van der Waals surface area contributed by atoms with Crippen molar-refractivity contribution in [3.63, 3.8) is 0 Å². The lowest BCUT2D eigenvalue weighted by Gasteiger charge is -2.23. The summed E-state index contributed by atoms with van der Waals surface area (Å²) in [4.78, 5) is 0. The standard InChI is InChI=1S/C16H26N2/c1-7-14(18-17)10-15-11(2)8-13(9-12(15)3)16(4,5)6/h7-9,14,18H,1,10,17H2,2-6H3. The van der Waals surface area contributed by atoms with Gasteiger partial charge in [0.15, 0.2) is 0 Å². The fraction of sp³-hybridized carbons (Fsp3) is 0.500. The first-order valence-corrected chi connectivity index (χ1v) is 6.49. The Morgan fingerprint density at radius 3 is 2.11 bits per heavy atom. The van der Waals surface area contributed by atoms with Gasteiger partial charge in [0.1, 0.15) is 0 Å². The minimum absolute atomic E-state index is 0.128. The molecular formula is C16H26N2. The summed E-state index contributed by atoms with van der Waals surface area (Å²) in [6.45, 7) is 14.9. The third kappa shape index (κ3) is 3.44. The third-order valence-corrected chi connectivity index (χ3v) is 3.48. The number of rotatable bonds is 4. The van der Waals surface area contributed by atoms with E-state index in [9.17, 15) is 0 Å². The second-order valence-electron chi connectivity index (χ2n) is 6.05. The van der Waals surface area contributed by atoms with Gasteiger partial charge in [0.05, 0.1) is 0 Å². The molecule has 18 heavy (non-hydrogen) atoms. The Bertz CT molecular complexity index is 404. The molecule has 0 amide bonds. The van der Waals surface area contributed by atoms with E-state index < -0.39 is 0 Å². The number of nitrogens with two attached hydrogens (primary N) is 1. The molecule has 0 aliphatic rings. The molecule has 0 heterocycles. The molecule has 0 aliphatic carbocycles. The van der Waals surface area contributed by atoms with Gasteiger partial charge in [-0.3, -0.25) is 11.3 Å². The molecule has 0 radical (unpaired) electrons. The Hall–Kier alpha value is -1.12. The maximum absolute atomic E-state index is 5.51. The average molecular weight is 246 g/mol. The fourth-order valence-corrected chi connectivity index (χ4v) is 2.18. The molecule has 1 aromatic carbocycles. The number of hydrazine groups is 1. The van der Waals surface area contributed by atoms with Crippen LogP contribution < -0.4 is 11.3 Å². The van der Waals surface area contributed by atoms with Gasteiger partial charge in [0.2, 0.25) is 0 Å². The van der Waals surface area contributed by atoms with Crippen LogP contribution >= 0.6 is 0 Å². The van der Waals surface area contributed by atoms with Crippen LogP contribution in [0.3, 0.4) is 0 Å². The molecule has 0 fully saturated rings. The molecule has 2 heteroatoms. The van der Waals surface area contributed by atoms with Crippen LogP contribution in [0.15, 0.2) is 24.8 Å². The Kier molecular flexibility index (Phi) is 4.71. The lowest BCUT2D eigenvalue weighted by molar-refractivity contribution is 0.586. The van der Waals surface area contributed by atoms with Gasteiger partial charge < -0.3 is 0 Å². The Morgan fingerprint density at radius 2 is 1.78 bits per heavy atom. The van der Waals surface area contributed by atoms with Crippen molar-refractivity contribution in [3.05, 3.63) is 47.0 Å². The molecule has 2 nitrogen and oxygen atoms in total. The summed E-state index contributed by atoms with van der Waals surface area (Å²) in [5.41, 5.74) is 8.40. The molecule has 1 aromatic rings. The topological polar surface area (TPSA) is 38.0 Å². The van der Waals surface area contributed by atoms with E-state index in [0.717, 1.165) is 6.42 Å². The largest absolute Gasteiger partial charge is 0.271 e. The molecule has 0 aliphatic heterocycles. The minimum Gasteiger partial charge on any atom is -0.271 e. The molecular weight excluding hydrogens is 220 g/mol. The lowest BCUT2D eigenvalue weighted by atomic mass is 9.83. The zero-order chi connectivity index (χ0) is 13.9. The maximum atomic E-state index is 5.51. The molecule has 3 N–H and O–H groups in total. The van der Waals surface area contributed by atoms with Crippen molar-refractivity contribution in [2.45, 2.75) is 52.5 Å². The molecule has 1 atom stereocenters. The quantitative estimate of drug-likeness (QED) is 0.486. The predicted octanol–water partition coefficient (Wildman–Crippen LogP) is 3.16. The fourth-order valence-electron chi connectivity index (χ4n) is 2.18. The van der Waals surface area contributed by atoms with E-state index in [2.05, 4.69) is 58.8 Å². The van der Waals surface area contributed by atoms with Gasteiger partial charge in [-0.15, -0.1) is 6.58 Å². The summed E-state index contributed by atoms with van der Waals surface area (Å²) in [5, 5.41) is 0. The van der Waals surface area contributed by atoms with E-state index in [4.69, 9.17) is 5.84 Å². The van der Waals surface area contributed by atoms with Gasteiger partial charge in [0.25, 0.3) is 0 Å². The van der Waals surface area contributed by atoms with Gasteiger partial charge >= 0.3 is 0 Å². The second kappa shape index (κ2) is 5.68. The number of hydrogen-bond donors (Lipinski definition) is 2. The van der Waals surface area contributed by atoms with E-state index in [1.807, 2.05) is 6.08 Å². The summed E-state index contributed by atoms with van der Waals surface area (Å²) in [7, 11) is 0. The number of hydrogen-bond acceptors (Lipinski definition) is 2. The lowest BCUT2D eigenvalue weighted by Crippen LogP contribution is -2.35. The van der Waals surface area contributed by atoms with Gasteiger partial charge in [-0.05, 0) is 47.9 Å². The predicted molar refractivity (Wildman–Crippen MR) is 79.6 cm³/mol. The molecule has 0 spiro atoms. The summed E-state index contributed by atoms with van der Waals surface area (Å²) < 4.78 is 0. The van der Waals surface area contributed by atoms with E-state index in [0.29, 0.717) is 0 Å². The number of nitrogens with one attached hydrogen (secondary N) is 1. The first kappa shape index (κ1) is 14.9. The van der Waals surface area contributed by atoms with Gasteiger partial charge in [-0.2, -0.15) is 0 Å². The van der Waals surface area contributed by atoms with Gasteiger partial charge in [0, 0.05) is 6.04 Å². The van der Waals surface area contributed by atoms with Crippen molar-refractivity contribution >= 4 is 0 Å². The van der Waals surface area contributed by atoms with E-state index in [-0.39, 0.29) is 11.5 Å². The van der Waals surface area contributed by atoms with Crippen molar-refractivity contribution in [1.29, 1.82) is 0 Å². The van der Waals surface area contributed by atoms with Crippen molar-refractivity contribution in [2.24, 2.45) is 5.84 Å². The highest BCUT2D eigenvalue weighted by Gasteiger charge is 2.17. The number of aryl methyl sites for hydroxylation is 2. The normalized spacial score (nSPS) is 13.4. The van der Waals surface area contributed by atoms with Gasteiger partial charge in [-0.25, -0.2) is 0 Å². The van der Waals surface area contributed by atoms with E-state index >= 15 is 0 Å². The zero-order valence-corrected chi connectivity index (χ0v) is 12.3. The molecule has 0 bridgehead atoms. The summed E-state index contributed by atoms with van der Waals surface area (Å²) in [5.74, 6) is 5.51. The summed E-state index contributed by atoms with van der Waals surface area (Å²) >= 11 is 0. The highest BCUT2D eigenvalue weighted by molar-refractivity contribution is 5.41. The second-order valence-corrected chi connectivity index (χ2v) is 6.05. The van der Waals surface area contributed by atoms with Crippen molar-refractivity contribution in [2.75, 3.05) is 0 Å². The molecule has 0 saturated carbocycles. The Labute approximate surface area is 111 Å². The van der Waals surface area contributed by atoms with Crippen LogP contribution in [0.1, 0.15) is 43.0 Å². The van der Waals surface area contributed by atoms with Crippen LogP contribution in [0, 0.1) is 13.8 Å². The monoisotopic (exact) mass is 246 g/mol. The highest BCUT2D eigenvalue weighted by Crippen LogP contribution is 2.27. The van der Waals surface area contributed by atoms with E-state index in [1.165, 1.54) is 22.3 Å². The van der Waals surface area contributed by atoms with Crippen LogP contribution in [0.4, 0.5) is 0 Å². The summed E-state index contributed by atoms with van der Waals surface area (Å²) in [6, 6.07) is 4.71. The Balaban J connectivity index is 3.13. The van der Waals surface area contributed by atoms with Crippen molar-refractivity contribution < 1.29 is 0 Å². The zero-order valence-electron chi connectivity index (χ0n) is 12.3. The van der Waals surface area contributed by atoms with Crippen molar-refractivity contribution in [3.8, 4) is 0 Å². The number of benzene rings is 1. The van der Waals surface area contributed by atoms with Gasteiger partial charge in [-0.1, -0.05) is 39.0 Å². The first-order valence-electron chi connectivity index (χ1n) is 6.49.